The summed E-state index contributed by atoms with van der Waals surface area (Å²) < 4.78 is 0. The Labute approximate surface area is 371 Å². The van der Waals surface area contributed by atoms with Crippen LogP contribution in [0.1, 0.15) is 0 Å². The molecule has 0 aliphatic heterocycles. The Morgan fingerprint density at radius 1 is 0.156 bits per heavy atom. The van der Waals surface area contributed by atoms with E-state index in [1.54, 1.807) is 0 Å². The number of hydrogen-bond acceptors (Lipinski definition) is 6. The molecule has 0 amide bonds. The van der Waals surface area contributed by atoms with Crippen LogP contribution in [-0.2, 0) is 0 Å². The van der Waals surface area contributed by atoms with Gasteiger partial charge in [-0.2, -0.15) is 0 Å². The summed E-state index contributed by atoms with van der Waals surface area (Å²) in [5.41, 5.74) is 12.4. The Bertz CT molecular complexity index is 3320. The molecule has 0 unspecified atom stereocenters. The predicted octanol–water partition coefficient (Wildman–Crippen LogP) is 14.2. The zero-order chi connectivity index (χ0) is 42.7. The van der Waals surface area contributed by atoms with Gasteiger partial charge in [0.15, 0.2) is 34.9 Å². The highest BCUT2D eigenvalue weighted by atomic mass is 15.0. The van der Waals surface area contributed by atoms with E-state index in [9.17, 15) is 0 Å². The molecule has 300 valence electrons. The second-order valence-corrected chi connectivity index (χ2v) is 15.6. The van der Waals surface area contributed by atoms with E-state index < -0.39 is 0 Å². The topological polar surface area (TPSA) is 77.3 Å². The number of hydrogen-bond donors (Lipinski definition) is 0. The quantitative estimate of drug-likeness (QED) is 0.144. The molecule has 0 radical (unpaired) electrons. The summed E-state index contributed by atoms with van der Waals surface area (Å²) in [7, 11) is 0. The molecule has 0 aliphatic rings. The summed E-state index contributed by atoms with van der Waals surface area (Å²) in [6.07, 6.45) is 0. The minimum Gasteiger partial charge on any atom is -0.208 e. The van der Waals surface area contributed by atoms with E-state index >= 15 is 0 Å². The second-order valence-electron chi connectivity index (χ2n) is 15.6. The van der Waals surface area contributed by atoms with Crippen molar-refractivity contribution in [3.05, 3.63) is 231 Å². The average Bonchev–Trinajstić information content (AvgIpc) is 3.39. The Kier molecular flexibility index (Phi) is 10.1. The van der Waals surface area contributed by atoms with Gasteiger partial charge in [-0.3, -0.25) is 0 Å². The molecule has 0 saturated heterocycles. The van der Waals surface area contributed by atoms with Gasteiger partial charge in [-0.05, 0) is 56.3 Å². The van der Waals surface area contributed by atoms with Crippen molar-refractivity contribution in [2.45, 2.75) is 0 Å². The predicted molar refractivity (Wildman–Crippen MR) is 260 cm³/mol. The molecule has 6 nitrogen and oxygen atoms in total. The van der Waals surface area contributed by atoms with E-state index in [1.165, 1.54) is 10.9 Å². The van der Waals surface area contributed by atoms with Crippen molar-refractivity contribution in [3.8, 4) is 102 Å². The molecular formula is C58H38N6. The van der Waals surface area contributed by atoms with Gasteiger partial charge in [0.1, 0.15) is 0 Å². The van der Waals surface area contributed by atoms with Gasteiger partial charge in [0.2, 0.25) is 0 Å². The molecule has 0 atom stereocenters. The molecule has 64 heavy (non-hydrogen) atoms. The van der Waals surface area contributed by atoms with E-state index in [2.05, 4.69) is 133 Å². The second kappa shape index (κ2) is 17.0. The average molecular weight is 819 g/mol. The molecule has 6 heteroatoms. The lowest BCUT2D eigenvalue weighted by atomic mass is 9.96. The highest BCUT2D eigenvalue weighted by Crippen LogP contribution is 2.33. The van der Waals surface area contributed by atoms with Crippen molar-refractivity contribution in [3.63, 3.8) is 0 Å². The Morgan fingerprint density at radius 3 is 0.656 bits per heavy atom. The lowest BCUT2D eigenvalue weighted by Gasteiger charge is -2.11. The van der Waals surface area contributed by atoms with Crippen molar-refractivity contribution in [2.75, 3.05) is 0 Å². The minimum absolute atomic E-state index is 0.625. The van der Waals surface area contributed by atoms with Crippen LogP contribution in [0.4, 0.5) is 0 Å². The molecule has 9 aromatic carbocycles. The van der Waals surface area contributed by atoms with Crippen LogP contribution in [0.5, 0.6) is 0 Å². The zero-order valence-corrected chi connectivity index (χ0v) is 34.6. The summed E-state index contributed by atoms with van der Waals surface area (Å²) in [6, 6.07) is 79.2. The van der Waals surface area contributed by atoms with Gasteiger partial charge in [0, 0.05) is 33.4 Å². The van der Waals surface area contributed by atoms with Gasteiger partial charge in [-0.25, -0.2) is 29.9 Å². The highest BCUT2D eigenvalue weighted by molar-refractivity contribution is 5.91. The third kappa shape index (κ3) is 7.95. The monoisotopic (exact) mass is 818 g/mol. The van der Waals surface area contributed by atoms with Crippen molar-refractivity contribution >= 4 is 10.8 Å². The van der Waals surface area contributed by atoms with Crippen molar-refractivity contribution in [2.24, 2.45) is 0 Å². The van der Waals surface area contributed by atoms with Crippen LogP contribution in [0.15, 0.2) is 231 Å². The van der Waals surface area contributed by atoms with E-state index in [0.717, 1.165) is 66.6 Å². The third-order valence-corrected chi connectivity index (χ3v) is 11.4. The van der Waals surface area contributed by atoms with E-state index in [0.29, 0.717) is 34.9 Å². The fourth-order valence-electron chi connectivity index (χ4n) is 7.96. The molecule has 0 N–H and O–H groups in total. The van der Waals surface area contributed by atoms with Crippen LogP contribution >= 0.6 is 0 Å². The molecule has 0 bridgehead atoms. The smallest absolute Gasteiger partial charge is 0.164 e. The van der Waals surface area contributed by atoms with Crippen molar-refractivity contribution < 1.29 is 0 Å². The van der Waals surface area contributed by atoms with Gasteiger partial charge < -0.3 is 0 Å². The number of benzene rings is 9. The largest absolute Gasteiger partial charge is 0.208 e. The molecule has 2 heterocycles. The van der Waals surface area contributed by atoms with Crippen LogP contribution in [0.25, 0.3) is 112 Å². The maximum atomic E-state index is 5.01. The van der Waals surface area contributed by atoms with Gasteiger partial charge in [-0.15, -0.1) is 0 Å². The summed E-state index contributed by atoms with van der Waals surface area (Å²) in [6.45, 7) is 0. The number of fused-ring (bicyclic) bond motifs is 1. The Hall–Kier alpha value is -8.74. The number of rotatable bonds is 9. The molecule has 0 aliphatic carbocycles. The Morgan fingerprint density at radius 2 is 0.359 bits per heavy atom. The number of nitrogens with zero attached hydrogens (tertiary/aromatic N) is 6. The SMILES string of the molecule is c1ccc(-c2ccc(-c3nc(-c4ccccc4)nc(-c4ccc(-c5ccc6ccc(-c7ccc(-c8nc(-c9ccccc9)nc(-c9ccccc9)n8)cc7)cc6c5)cc4)n3)cc2)cc1. The minimum atomic E-state index is 0.625. The summed E-state index contributed by atoms with van der Waals surface area (Å²) in [5, 5.41) is 2.34. The van der Waals surface area contributed by atoms with Gasteiger partial charge in [0.05, 0.1) is 0 Å². The number of aromatic nitrogens is 6. The van der Waals surface area contributed by atoms with E-state index in [-0.39, 0.29) is 0 Å². The van der Waals surface area contributed by atoms with Crippen LogP contribution < -0.4 is 0 Å². The summed E-state index contributed by atoms with van der Waals surface area (Å²) >= 11 is 0. The lowest BCUT2D eigenvalue weighted by molar-refractivity contribution is 1.07. The molecule has 0 fully saturated rings. The van der Waals surface area contributed by atoms with Crippen molar-refractivity contribution in [1.29, 1.82) is 0 Å². The summed E-state index contributed by atoms with van der Waals surface area (Å²) in [4.78, 5) is 29.6. The highest BCUT2D eigenvalue weighted by Gasteiger charge is 2.15. The standard InChI is InChI=1S/C58H38N6/c1-5-13-39(14-6-1)40-21-29-47(30-22-40)57-62-55(46-19-11-4-12-20-46)63-58(64-57)49-33-25-42(26-34-49)51-36-28-43-27-35-50(37-52(43)38-51)41-23-31-48(32-24-41)56-60-53(44-15-7-2-8-16-44)59-54(61-56)45-17-9-3-10-18-45/h1-38H. The van der Waals surface area contributed by atoms with E-state index in [1.807, 2.05) is 97.1 Å². The van der Waals surface area contributed by atoms with Crippen LogP contribution in [0, 0.1) is 0 Å². The van der Waals surface area contributed by atoms with Crippen molar-refractivity contribution in [1.82, 2.24) is 29.9 Å². The molecule has 11 aromatic rings. The first-order chi connectivity index (χ1) is 31.7. The fraction of sp³-hybridized carbons (Fsp3) is 0. The zero-order valence-electron chi connectivity index (χ0n) is 34.6. The van der Waals surface area contributed by atoms with Crippen LogP contribution in [-0.4, -0.2) is 29.9 Å². The fourth-order valence-corrected chi connectivity index (χ4v) is 7.96. The lowest BCUT2D eigenvalue weighted by Crippen LogP contribution is -2.00. The first-order valence-electron chi connectivity index (χ1n) is 21.3. The van der Waals surface area contributed by atoms with Crippen LogP contribution in [0.3, 0.4) is 0 Å². The van der Waals surface area contributed by atoms with Crippen LogP contribution in [0.2, 0.25) is 0 Å². The Balaban J connectivity index is 0.876. The molecule has 2 aromatic heterocycles. The molecule has 11 rings (SSSR count). The van der Waals surface area contributed by atoms with Gasteiger partial charge >= 0.3 is 0 Å². The molecule has 0 saturated carbocycles. The van der Waals surface area contributed by atoms with Gasteiger partial charge in [-0.1, -0.05) is 218 Å². The van der Waals surface area contributed by atoms with Gasteiger partial charge in [0.25, 0.3) is 0 Å². The molecule has 0 spiro atoms. The first kappa shape index (κ1) is 38.2. The first-order valence-corrected chi connectivity index (χ1v) is 21.3. The molecular weight excluding hydrogens is 781 g/mol. The summed E-state index contributed by atoms with van der Waals surface area (Å²) in [5.74, 6) is 3.82. The maximum Gasteiger partial charge on any atom is 0.164 e. The third-order valence-electron chi connectivity index (χ3n) is 11.4. The maximum absolute atomic E-state index is 5.01. The normalized spacial score (nSPS) is 11.1. The van der Waals surface area contributed by atoms with E-state index in [4.69, 9.17) is 29.9 Å².